The van der Waals surface area contributed by atoms with E-state index in [0.29, 0.717) is 23.6 Å². The Hall–Kier alpha value is -3.21. The Morgan fingerprint density at radius 3 is 2.44 bits per heavy atom. The van der Waals surface area contributed by atoms with Crippen LogP contribution in [0.1, 0.15) is 33.6 Å². The van der Waals surface area contributed by atoms with Gasteiger partial charge in [0, 0.05) is 16.5 Å². The van der Waals surface area contributed by atoms with Gasteiger partial charge in [-0.25, -0.2) is 0 Å². The molecule has 2 aromatic carbocycles. The number of methoxy groups -OCH3 is 2. The van der Waals surface area contributed by atoms with E-state index in [1.807, 2.05) is 18.2 Å². The Bertz CT molecular complexity index is 1070. The molecule has 1 aliphatic carbocycles. The predicted octanol–water partition coefficient (Wildman–Crippen LogP) is 4.41. The number of aromatic nitrogens is 1. The molecule has 0 amide bonds. The minimum absolute atomic E-state index is 0.0103. The number of aromatic hydroxyl groups is 1. The molecule has 0 radical (unpaired) electrons. The smallest absolute Gasteiger partial charge is 0.205 e. The first kappa shape index (κ1) is 17.2. The van der Waals surface area contributed by atoms with Crippen molar-refractivity contribution in [1.29, 1.82) is 0 Å². The number of rotatable bonds is 3. The van der Waals surface area contributed by atoms with Crippen molar-refractivity contribution in [1.82, 2.24) is 4.98 Å². The maximum absolute atomic E-state index is 13.0. The van der Waals surface area contributed by atoms with Gasteiger partial charge in [-0.2, -0.15) is 0 Å². The number of Topliss-reactive ketones (excluding diaryl/α,β-unsaturated/α-hetero) is 1. The van der Waals surface area contributed by atoms with Crippen molar-refractivity contribution in [2.75, 3.05) is 14.2 Å². The van der Waals surface area contributed by atoms with Crippen molar-refractivity contribution in [3.8, 4) is 17.2 Å². The number of hydrogen-bond acceptors (Lipinski definition) is 4. The number of phenols is 1. The fraction of sp³-hybridized carbons (Fsp3) is 0.227. The summed E-state index contributed by atoms with van der Waals surface area (Å²) in [6.07, 6.45) is 3.31. The number of benzene rings is 2. The van der Waals surface area contributed by atoms with Gasteiger partial charge in [-0.3, -0.25) is 4.79 Å². The van der Waals surface area contributed by atoms with Gasteiger partial charge in [0.2, 0.25) is 11.5 Å². The van der Waals surface area contributed by atoms with Crippen LogP contribution >= 0.6 is 0 Å². The number of carbonyl (C=O) groups excluding carboxylic acids is 1. The average Bonchev–Trinajstić information content (AvgIpc) is 3.03. The summed E-state index contributed by atoms with van der Waals surface area (Å²) in [5.41, 5.74) is 5.41. The van der Waals surface area contributed by atoms with Crippen LogP contribution in [0.15, 0.2) is 35.9 Å². The zero-order valence-corrected chi connectivity index (χ0v) is 15.6. The lowest BCUT2D eigenvalue weighted by atomic mass is 9.89. The number of nitrogens with one attached hydrogen (secondary N) is 1. The lowest BCUT2D eigenvalue weighted by Gasteiger charge is -2.15. The van der Waals surface area contributed by atoms with Gasteiger partial charge in [-0.15, -0.1) is 0 Å². The van der Waals surface area contributed by atoms with Gasteiger partial charge in [0.15, 0.2) is 11.5 Å². The fourth-order valence-electron chi connectivity index (χ4n) is 3.68. The van der Waals surface area contributed by atoms with Crippen LogP contribution in [-0.2, 0) is 6.42 Å². The lowest BCUT2D eigenvalue weighted by molar-refractivity contribution is 0.102. The summed E-state index contributed by atoms with van der Waals surface area (Å²) in [5.74, 6) is 0.582. The van der Waals surface area contributed by atoms with Crippen LogP contribution < -0.4 is 9.47 Å². The number of fused-ring (bicyclic) bond motifs is 3. The number of aryl methyl sites for hydroxylation is 2. The molecule has 27 heavy (non-hydrogen) atoms. The van der Waals surface area contributed by atoms with Crippen molar-refractivity contribution in [2.24, 2.45) is 0 Å². The fourth-order valence-corrected chi connectivity index (χ4v) is 3.68. The van der Waals surface area contributed by atoms with Crippen molar-refractivity contribution in [2.45, 2.75) is 19.8 Å². The maximum Gasteiger partial charge on any atom is 0.205 e. The molecule has 2 N–H and O–H groups in total. The monoisotopic (exact) mass is 363 g/mol. The van der Waals surface area contributed by atoms with Gasteiger partial charge in [0.05, 0.1) is 19.9 Å². The summed E-state index contributed by atoms with van der Waals surface area (Å²) in [4.78, 5) is 16.3. The number of carbonyl (C=O) groups is 1. The van der Waals surface area contributed by atoms with Gasteiger partial charge in [-0.1, -0.05) is 11.6 Å². The minimum Gasteiger partial charge on any atom is -0.502 e. The van der Waals surface area contributed by atoms with E-state index in [1.165, 1.54) is 19.8 Å². The molecule has 0 bridgehead atoms. The number of ether oxygens (including phenoxy) is 2. The first-order valence-electron chi connectivity index (χ1n) is 8.83. The highest BCUT2D eigenvalue weighted by Crippen LogP contribution is 2.39. The molecule has 0 unspecified atom stereocenters. The van der Waals surface area contributed by atoms with Crippen LogP contribution in [-0.4, -0.2) is 30.1 Å². The number of ketones is 1. The molecule has 1 aromatic heterocycles. The van der Waals surface area contributed by atoms with Crippen molar-refractivity contribution >= 4 is 22.8 Å². The molecule has 3 aromatic rings. The molecule has 0 saturated carbocycles. The predicted molar refractivity (Wildman–Crippen MR) is 105 cm³/mol. The number of allylic oxidation sites excluding steroid dienone is 1. The van der Waals surface area contributed by atoms with E-state index in [9.17, 15) is 9.90 Å². The molecule has 138 valence electrons. The van der Waals surface area contributed by atoms with Gasteiger partial charge in [0.25, 0.3) is 0 Å². The molecule has 0 aliphatic heterocycles. The Morgan fingerprint density at radius 2 is 1.78 bits per heavy atom. The van der Waals surface area contributed by atoms with E-state index < -0.39 is 0 Å². The Kier molecular flexibility index (Phi) is 4.15. The normalized spacial score (nSPS) is 15.2. The lowest BCUT2D eigenvalue weighted by Crippen LogP contribution is -2.13. The summed E-state index contributed by atoms with van der Waals surface area (Å²) in [6.45, 7) is 2.06. The first-order valence-corrected chi connectivity index (χ1v) is 8.83. The highest BCUT2D eigenvalue weighted by atomic mass is 16.5. The average molecular weight is 363 g/mol. The second-order valence-electron chi connectivity index (χ2n) is 6.80. The molecular formula is C22H21NO4. The Morgan fingerprint density at radius 1 is 1.07 bits per heavy atom. The third-order valence-corrected chi connectivity index (χ3v) is 5.07. The first-order chi connectivity index (χ1) is 13.0. The van der Waals surface area contributed by atoms with Crippen LogP contribution in [0.4, 0.5) is 0 Å². The third kappa shape index (κ3) is 2.85. The van der Waals surface area contributed by atoms with E-state index in [2.05, 4.69) is 18.0 Å². The summed E-state index contributed by atoms with van der Waals surface area (Å²) < 4.78 is 10.4. The largest absolute Gasteiger partial charge is 0.502 e. The van der Waals surface area contributed by atoms with Crippen LogP contribution in [0, 0.1) is 6.92 Å². The highest BCUT2D eigenvalue weighted by molar-refractivity contribution is 6.15. The zero-order chi connectivity index (χ0) is 19.1. The third-order valence-electron chi connectivity index (χ3n) is 5.07. The molecule has 1 heterocycles. The zero-order valence-electron chi connectivity index (χ0n) is 15.6. The van der Waals surface area contributed by atoms with Gasteiger partial charge in [-0.05, 0) is 61.2 Å². The van der Waals surface area contributed by atoms with Crippen molar-refractivity contribution < 1.29 is 19.4 Å². The van der Waals surface area contributed by atoms with E-state index >= 15 is 0 Å². The standard InChI is InChI=1S/C22H21NO4/c1-12-4-7-17-16(8-12)15-6-5-14(21(24)20(15)23-17)9-13-10-18(26-2)22(25)19(11-13)27-3/h4,7-11,23,25H,5-6H2,1-3H3/b14-9+. The van der Waals surface area contributed by atoms with Gasteiger partial charge >= 0.3 is 0 Å². The number of H-pyrrole nitrogens is 1. The quantitative estimate of drug-likeness (QED) is 0.676. The van der Waals surface area contributed by atoms with E-state index in [1.54, 1.807) is 12.1 Å². The second-order valence-corrected chi connectivity index (χ2v) is 6.80. The minimum atomic E-state index is -0.0506. The topological polar surface area (TPSA) is 71.6 Å². The van der Waals surface area contributed by atoms with E-state index in [4.69, 9.17) is 9.47 Å². The van der Waals surface area contributed by atoms with Gasteiger partial charge in [0.1, 0.15) is 0 Å². The van der Waals surface area contributed by atoms with E-state index in [0.717, 1.165) is 34.0 Å². The van der Waals surface area contributed by atoms with Crippen molar-refractivity contribution in [3.05, 3.63) is 58.3 Å². The van der Waals surface area contributed by atoms with Crippen LogP contribution in [0.5, 0.6) is 17.2 Å². The number of phenolic OH excluding ortho intramolecular Hbond substituents is 1. The maximum atomic E-state index is 13.0. The van der Waals surface area contributed by atoms with Crippen LogP contribution in [0.3, 0.4) is 0 Å². The van der Waals surface area contributed by atoms with Crippen LogP contribution in [0.25, 0.3) is 17.0 Å². The SMILES string of the molecule is COc1cc(/C=C2\CCc3c([nH]c4ccc(C)cc34)C2=O)cc(OC)c1O. The molecule has 0 saturated heterocycles. The summed E-state index contributed by atoms with van der Waals surface area (Å²) in [6, 6.07) is 9.59. The van der Waals surface area contributed by atoms with Gasteiger partial charge < -0.3 is 19.6 Å². The molecule has 4 rings (SSSR count). The molecule has 1 aliphatic rings. The van der Waals surface area contributed by atoms with Crippen molar-refractivity contribution in [3.63, 3.8) is 0 Å². The summed E-state index contributed by atoms with van der Waals surface area (Å²) in [7, 11) is 2.96. The molecule has 5 nitrogen and oxygen atoms in total. The number of hydrogen-bond donors (Lipinski definition) is 2. The highest BCUT2D eigenvalue weighted by Gasteiger charge is 2.26. The molecule has 0 atom stereocenters. The summed E-state index contributed by atoms with van der Waals surface area (Å²) >= 11 is 0. The molecule has 0 spiro atoms. The summed E-state index contributed by atoms with van der Waals surface area (Å²) in [5, 5.41) is 11.2. The van der Waals surface area contributed by atoms with E-state index in [-0.39, 0.29) is 11.5 Å². The second kappa shape index (κ2) is 6.50. The number of aromatic amines is 1. The molecular weight excluding hydrogens is 342 g/mol. The van der Waals surface area contributed by atoms with Crippen LogP contribution in [0.2, 0.25) is 0 Å². The molecule has 0 fully saturated rings. The Labute approximate surface area is 157 Å². The Balaban J connectivity index is 1.77. The molecule has 5 heteroatoms.